The van der Waals surface area contributed by atoms with E-state index < -0.39 is 0 Å². The molecule has 2 N–H and O–H groups in total. The summed E-state index contributed by atoms with van der Waals surface area (Å²) in [6.07, 6.45) is 2.91. The number of aromatic nitrogens is 1. The van der Waals surface area contributed by atoms with Crippen molar-refractivity contribution in [3.05, 3.63) is 44.9 Å². The van der Waals surface area contributed by atoms with Crippen LogP contribution >= 0.6 is 22.9 Å². The molecule has 2 aromatic rings. The van der Waals surface area contributed by atoms with Crippen molar-refractivity contribution in [2.24, 2.45) is 5.73 Å². The molecule has 0 aliphatic carbocycles. The number of aryl methyl sites for hydroxylation is 1. The largest absolute Gasteiger partial charge is 0.487 e. The molecule has 3 nitrogen and oxygen atoms in total. The average molecular weight is 311 g/mol. The highest BCUT2D eigenvalue weighted by molar-refractivity contribution is 7.09. The van der Waals surface area contributed by atoms with Crippen LogP contribution in [0.4, 0.5) is 0 Å². The van der Waals surface area contributed by atoms with Crippen molar-refractivity contribution in [3.8, 4) is 5.75 Å². The summed E-state index contributed by atoms with van der Waals surface area (Å²) in [6, 6.07) is 5.64. The van der Waals surface area contributed by atoms with E-state index in [1.54, 1.807) is 11.3 Å². The highest BCUT2D eigenvalue weighted by Crippen LogP contribution is 2.24. The molecule has 1 aromatic carbocycles. The number of nitrogens with two attached hydrogens (primary N) is 1. The zero-order valence-electron chi connectivity index (χ0n) is 11.6. The second kappa shape index (κ2) is 7.62. The van der Waals surface area contributed by atoms with Crippen LogP contribution in [-0.2, 0) is 19.4 Å². The van der Waals surface area contributed by atoms with E-state index in [2.05, 4.69) is 17.3 Å². The van der Waals surface area contributed by atoms with Crippen molar-refractivity contribution in [1.29, 1.82) is 0 Å². The van der Waals surface area contributed by atoms with E-state index in [1.165, 1.54) is 5.01 Å². The van der Waals surface area contributed by atoms with Crippen molar-refractivity contribution < 1.29 is 4.74 Å². The molecule has 0 saturated carbocycles. The third-order valence-corrected chi connectivity index (χ3v) is 4.07. The fraction of sp³-hybridized carbons (Fsp3) is 0.400. The van der Waals surface area contributed by atoms with E-state index in [4.69, 9.17) is 22.1 Å². The van der Waals surface area contributed by atoms with E-state index in [-0.39, 0.29) is 0 Å². The molecule has 0 saturated heterocycles. The number of halogens is 1. The van der Waals surface area contributed by atoms with Crippen LogP contribution in [0.2, 0.25) is 5.02 Å². The van der Waals surface area contributed by atoms with Gasteiger partial charge in [0.1, 0.15) is 12.4 Å². The lowest BCUT2D eigenvalue weighted by atomic mass is 10.1. The monoisotopic (exact) mass is 310 g/mol. The predicted molar refractivity (Wildman–Crippen MR) is 84.7 cm³/mol. The molecule has 108 valence electrons. The molecule has 0 aliphatic heterocycles. The number of benzene rings is 1. The molecule has 0 unspecified atom stereocenters. The number of hydrogen-bond donors (Lipinski definition) is 1. The fourth-order valence-electron chi connectivity index (χ4n) is 1.94. The van der Waals surface area contributed by atoms with Gasteiger partial charge in [-0.05, 0) is 49.6 Å². The smallest absolute Gasteiger partial charge is 0.131 e. The first-order chi connectivity index (χ1) is 9.72. The van der Waals surface area contributed by atoms with Crippen LogP contribution in [0.5, 0.6) is 5.75 Å². The Morgan fingerprint density at radius 1 is 1.35 bits per heavy atom. The maximum Gasteiger partial charge on any atom is 0.131 e. The molecular formula is C15H19ClN2OS. The van der Waals surface area contributed by atoms with E-state index in [0.717, 1.165) is 36.3 Å². The van der Waals surface area contributed by atoms with Crippen molar-refractivity contribution in [3.63, 3.8) is 0 Å². The van der Waals surface area contributed by atoms with Gasteiger partial charge in [0.2, 0.25) is 0 Å². The minimum absolute atomic E-state index is 0.486. The lowest BCUT2D eigenvalue weighted by Crippen LogP contribution is -2.05. The average Bonchev–Trinajstić information content (AvgIpc) is 2.86. The highest BCUT2D eigenvalue weighted by atomic mass is 35.5. The minimum atomic E-state index is 0.486. The predicted octanol–water partition coefficient (Wildman–Crippen LogP) is 3.83. The molecule has 5 heteroatoms. The van der Waals surface area contributed by atoms with E-state index in [9.17, 15) is 0 Å². The molecule has 0 fully saturated rings. The van der Waals surface area contributed by atoms with Gasteiger partial charge in [0.05, 0.1) is 10.7 Å². The van der Waals surface area contributed by atoms with Crippen LogP contribution < -0.4 is 10.5 Å². The first-order valence-electron chi connectivity index (χ1n) is 6.77. The summed E-state index contributed by atoms with van der Waals surface area (Å²) in [7, 11) is 0. The number of rotatable bonds is 7. The van der Waals surface area contributed by atoms with Gasteiger partial charge in [-0.1, -0.05) is 18.5 Å². The number of ether oxygens (including phenoxy) is 1. The van der Waals surface area contributed by atoms with Crippen LogP contribution in [0.15, 0.2) is 23.6 Å². The topological polar surface area (TPSA) is 48.1 Å². The lowest BCUT2D eigenvalue weighted by molar-refractivity contribution is 0.298. The molecule has 1 aromatic heterocycles. The lowest BCUT2D eigenvalue weighted by Gasteiger charge is -2.10. The van der Waals surface area contributed by atoms with E-state index in [1.807, 2.05) is 18.2 Å². The standard InChI is InChI=1S/C15H19ClN2OS/c1-2-3-15-18-13(10-20-15)9-19-14-5-4-12(16)8-11(14)6-7-17/h4-5,8,10H,2-3,6-7,9,17H2,1H3. The Balaban J connectivity index is 2.02. The summed E-state index contributed by atoms with van der Waals surface area (Å²) in [6.45, 7) is 3.22. The maximum absolute atomic E-state index is 6.00. The zero-order chi connectivity index (χ0) is 14.4. The molecule has 0 spiro atoms. The SMILES string of the molecule is CCCc1nc(COc2ccc(Cl)cc2CCN)cs1. The molecule has 0 radical (unpaired) electrons. The minimum Gasteiger partial charge on any atom is -0.487 e. The van der Waals surface area contributed by atoms with Gasteiger partial charge in [0, 0.05) is 10.4 Å². The molecule has 0 aliphatic rings. The third-order valence-electron chi connectivity index (χ3n) is 2.87. The van der Waals surface area contributed by atoms with Crippen LogP contribution in [0.25, 0.3) is 0 Å². The Labute approximate surface area is 128 Å². The summed E-state index contributed by atoms with van der Waals surface area (Å²) in [5.74, 6) is 0.838. The molecular weight excluding hydrogens is 292 g/mol. The van der Waals surface area contributed by atoms with Crippen molar-refractivity contribution in [1.82, 2.24) is 4.98 Å². The molecule has 2 rings (SSSR count). The molecule has 0 bridgehead atoms. The van der Waals surface area contributed by atoms with Crippen molar-refractivity contribution in [2.75, 3.05) is 6.54 Å². The van der Waals surface area contributed by atoms with E-state index >= 15 is 0 Å². The fourth-order valence-corrected chi connectivity index (χ4v) is 3.01. The highest BCUT2D eigenvalue weighted by Gasteiger charge is 2.07. The van der Waals surface area contributed by atoms with Crippen LogP contribution in [0, 0.1) is 0 Å². The van der Waals surface area contributed by atoms with Gasteiger partial charge in [-0.25, -0.2) is 4.98 Å². The first-order valence-corrected chi connectivity index (χ1v) is 8.03. The quantitative estimate of drug-likeness (QED) is 0.845. The number of nitrogens with zero attached hydrogens (tertiary/aromatic N) is 1. The van der Waals surface area contributed by atoms with Crippen LogP contribution in [0.1, 0.15) is 29.6 Å². The zero-order valence-corrected chi connectivity index (χ0v) is 13.1. The Hall–Kier alpha value is -1.10. The summed E-state index contributed by atoms with van der Waals surface area (Å²) in [5.41, 5.74) is 7.64. The van der Waals surface area contributed by atoms with Gasteiger partial charge in [-0.3, -0.25) is 0 Å². The summed E-state index contributed by atoms with van der Waals surface area (Å²) >= 11 is 7.69. The Morgan fingerprint density at radius 3 is 2.95 bits per heavy atom. The summed E-state index contributed by atoms with van der Waals surface area (Å²) in [4.78, 5) is 4.55. The second-order valence-corrected chi connectivity index (χ2v) is 5.94. The van der Waals surface area contributed by atoms with E-state index in [0.29, 0.717) is 18.2 Å². The van der Waals surface area contributed by atoms with Gasteiger partial charge in [-0.2, -0.15) is 0 Å². The molecule has 1 heterocycles. The van der Waals surface area contributed by atoms with Gasteiger partial charge in [-0.15, -0.1) is 11.3 Å². The van der Waals surface area contributed by atoms with Crippen LogP contribution in [-0.4, -0.2) is 11.5 Å². The number of hydrogen-bond acceptors (Lipinski definition) is 4. The molecule has 20 heavy (non-hydrogen) atoms. The summed E-state index contributed by atoms with van der Waals surface area (Å²) < 4.78 is 5.85. The Kier molecular flexibility index (Phi) is 5.83. The summed E-state index contributed by atoms with van der Waals surface area (Å²) in [5, 5.41) is 3.94. The van der Waals surface area contributed by atoms with Crippen molar-refractivity contribution in [2.45, 2.75) is 32.8 Å². The Bertz CT molecular complexity index is 557. The van der Waals surface area contributed by atoms with Crippen molar-refractivity contribution >= 4 is 22.9 Å². The molecule has 0 amide bonds. The van der Waals surface area contributed by atoms with Crippen LogP contribution in [0.3, 0.4) is 0 Å². The maximum atomic E-state index is 6.00. The number of thiazole rings is 1. The van der Waals surface area contributed by atoms with Gasteiger partial charge in [0.25, 0.3) is 0 Å². The van der Waals surface area contributed by atoms with Gasteiger partial charge >= 0.3 is 0 Å². The normalized spacial score (nSPS) is 10.8. The first kappa shape index (κ1) is 15.3. The third kappa shape index (κ3) is 4.20. The Morgan fingerprint density at radius 2 is 2.20 bits per heavy atom. The molecule has 0 atom stereocenters. The van der Waals surface area contributed by atoms with Gasteiger partial charge < -0.3 is 10.5 Å². The second-order valence-electron chi connectivity index (χ2n) is 4.56. The van der Waals surface area contributed by atoms with Gasteiger partial charge in [0.15, 0.2) is 0 Å².